The SMILES string of the molecule is Cl.O=C(NC1CCCNC1)c1cc(=O)[nH]c2ccccc12. The van der Waals surface area contributed by atoms with E-state index in [4.69, 9.17) is 0 Å². The third-order valence-electron chi connectivity index (χ3n) is 3.63. The standard InChI is InChI=1S/C15H17N3O2.ClH/c19-14-8-12(11-5-1-2-6-13(11)18-14)15(20)17-10-4-3-7-16-9-10;/h1-2,5-6,8,10,16H,3-4,7,9H2,(H,17,20)(H,18,19);1H. The molecule has 112 valence electrons. The van der Waals surface area contributed by atoms with Crippen molar-refractivity contribution >= 4 is 29.2 Å². The Balaban J connectivity index is 0.00000161. The number of rotatable bonds is 2. The summed E-state index contributed by atoms with van der Waals surface area (Å²) >= 11 is 0. The van der Waals surface area contributed by atoms with Crippen LogP contribution in [0.1, 0.15) is 23.2 Å². The molecule has 0 saturated carbocycles. The molecule has 1 aliphatic rings. The molecule has 2 heterocycles. The highest BCUT2D eigenvalue weighted by Crippen LogP contribution is 2.15. The van der Waals surface area contributed by atoms with Crippen LogP contribution in [0.15, 0.2) is 35.1 Å². The number of fused-ring (bicyclic) bond motifs is 1. The molecule has 0 radical (unpaired) electrons. The number of benzene rings is 1. The van der Waals surface area contributed by atoms with Crippen LogP contribution in [0, 0.1) is 0 Å². The minimum absolute atomic E-state index is 0. The maximum absolute atomic E-state index is 12.4. The highest BCUT2D eigenvalue weighted by atomic mass is 35.5. The van der Waals surface area contributed by atoms with Gasteiger partial charge in [0.1, 0.15) is 0 Å². The van der Waals surface area contributed by atoms with E-state index < -0.39 is 0 Å². The Hall–Kier alpha value is -1.85. The maximum Gasteiger partial charge on any atom is 0.252 e. The van der Waals surface area contributed by atoms with Gasteiger partial charge in [-0.25, -0.2) is 0 Å². The molecule has 21 heavy (non-hydrogen) atoms. The van der Waals surface area contributed by atoms with Gasteiger partial charge in [-0.05, 0) is 25.5 Å². The topological polar surface area (TPSA) is 74.0 Å². The lowest BCUT2D eigenvalue weighted by Crippen LogP contribution is -2.45. The molecular formula is C15H18ClN3O2. The van der Waals surface area contributed by atoms with Gasteiger partial charge in [0.2, 0.25) is 5.56 Å². The number of aromatic amines is 1. The number of carbonyl (C=O) groups excluding carboxylic acids is 1. The van der Waals surface area contributed by atoms with Gasteiger partial charge >= 0.3 is 0 Å². The molecule has 0 bridgehead atoms. The summed E-state index contributed by atoms with van der Waals surface area (Å²) in [5.41, 5.74) is 0.873. The van der Waals surface area contributed by atoms with E-state index in [0.29, 0.717) is 11.1 Å². The lowest BCUT2D eigenvalue weighted by atomic mass is 10.1. The molecule has 1 fully saturated rings. The first-order valence-electron chi connectivity index (χ1n) is 6.88. The Morgan fingerprint density at radius 1 is 1.29 bits per heavy atom. The molecule has 5 nitrogen and oxygen atoms in total. The number of piperidine rings is 1. The smallest absolute Gasteiger partial charge is 0.252 e. The fourth-order valence-corrected chi connectivity index (χ4v) is 2.63. The zero-order chi connectivity index (χ0) is 13.9. The monoisotopic (exact) mass is 307 g/mol. The van der Waals surface area contributed by atoms with Gasteiger partial charge in [0, 0.05) is 29.6 Å². The molecule has 0 aliphatic carbocycles. The van der Waals surface area contributed by atoms with Crippen molar-refractivity contribution in [3.63, 3.8) is 0 Å². The predicted molar refractivity (Wildman–Crippen MR) is 85.2 cm³/mol. The normalized spacial score (nSPS) is 18.0. The second-order valence-electron chi connectivity index (χ2n) is 5.11. The van der Waals surface area contributed by atoms with Crippen molar-refractivity contribution in [1.29, 1.82) is 0 Å². The minimum Gasteiger partial charge on any atom is -0.348 e. The fourth-order valence-electron chi connectivity index (χ4n) is 2.63. The van der Waals surface area contributed by atoms with Crippen LogP contribution in [0.3, 0.4) is 0 Å². The minimum atomic E-state index is -0.254. The van der Waals surface area contributed by atoms with Crippen molar-refractivity contribution in [3.05, 3.63) is 46.2 Å². The molecule has 6 heteroatoms. The van der Waals surface area contributed by atoms with Crippen LogP contribution >= 0.6 is 12.4 Å². The average molecular weight is 308 g/mol. The molecule has 1 aromatic heterocycles. The molecule has 1 atom stereocenters. The van der Waals surface area contributed by atoms with Gasteiger partial charge in [0.15, 0.2) is 0 Å². The Bertz CT molecular complexity index is 693. The van der Waals surface area contributed by atoms with E-state index in [-0.39, 0.29) is 29.9 Å². The Morgan fingerprint density at radius 2 is 2.10 bits per heavy atom. The zero-order valence-electron chi connectivity index (χ0n) is 11.5. The van der Waals surface area contributed by atoms with Gasteiger partial charge in [0.25, 0.3) is 5.91 Å². The van der Waals surface area contributed by atoms with Crippen molar-refractivity contribution in [3.8, 4) is 0 Å². The van der Waals surface area contributed by atoms with Gasteiger partial charge in [-0.15, -0.1) is 12.4 Å². The molecule has 1 saturated heterocycles. The van der Waals surface area contributed by atoms with Crippen LogP contribution < -0.4 is 16.2 Å². The average Bonchev–Trinajstić information content (AvgIpc) is 2.47. The van der Waals surface area contributed by atoms with Crippen LogP contribution in [0.2, 0.25) is 0 Å². The summed E-state index contributed by atoms with van der Waals surface area (Å²) in [5, 5.41) is 7.03. The number of hydrogen-bond acceptors (Lipinski definition) is 3. The summed E-state index contributed by atoms with van der Waals surface area (Å²) in [4.78, 5) is 26.8. The second-order valence-corrected chi connectivity index (χ2v) is 5.11. The molecule has 1 unspecified atom stereocenters. The molecular weight excluding hydrogens is 290 g/mol. The zero-order valence-corrected chi connectivity index (χ0v) is 12.3. The van der Waals surface area contributed by atoms with E-state index >= 15 is 0 Å². The molecule has 3 rings (SSSR count). The predicted octanol–water partition coefficient (Wildman–Crippen LogP) is 1.43. The first-order chi connectivity index (χ1) is 9.74. The quantitative estimate of drug-likeness (QED) is 0.786. The van der Waals surface area contributed by atoms with Crippen molar-refractivity contribution in [2.75, 3.05) is 13.1 Å². The molecule has 1 aromatic carbocycles. The Kier molecular flexibility index (Phi) is 4.98. The van der Waals surface area contributed by atoms with E-state index in [1.54, 1.807) is 6.07 Å². The molecule has 3 N–H and O–H groups in total. The number of nitrogens with one attached hydrogen (secondary N) is 3. The maximum atomic E-state index is 12.4. The van der Waals surface area contributed by atoms with Crippen molar-refractivity contribution in [2.45, 2.75) is 18.9 Å². The number of para-hydroxylation sites is 1. The Labute approximate surface area is 128 Å². The summed E-state index contributed by atoms with van der Waals surface area (Å²) in [5.74, 6) is -0.180. The van der Waals surface area contributed by atoms with Crippen molar-refractivity contribution < 1.29 is 4.79 Å². The van der Waals surface area contributed by atoms with Gasteiger partial charge in [-0.3, -0.25) is 9.59 Å². The second kappa shape index (κ2) is 6.74. The van der Waals surface area contributed by atoms with Gasteiger partial charge in [0.05, 0.1) is 5.56 Å². The lowest BCUT2D eigenvalue weighted by Gasteiger charge is -2.24. The number of H-pyrrole nitrogens is 1. The van der Waals surface area contributed by atoms with E-state index in [0.717, 1.165) is 31.3 Å². The Morgan fingerprint density at radius 3 is 2.86 bits per heavy atom. The highest BCUT2D eigenvalue weighted by molar-refractivity contribution is 6.06. The van der Waals surface area contributed by atoms with Gasteiger partial charge < -0.3 is 15.6 Å². The van der Waals surface area contributed by atoms with Crippen LogP contribution in [0.25, 0.3) is 10.9 Å². The van der Waals surface area contributed by atoms with E-state index in [2.05, 4.69) is 15.6 Å². The molecule has 2 aromatic rings. The largest absolute Gasteiger partial charge is 0.348 e. The molecule has 1 aliphatic heterocycles. The van der Waals surface area contributed by atoms with E-state index in [1.165, 1.54) is 6.07 Å². The number of pyridine rings is 1. The van der Waals surface area contributed by atoms with Crippen molar-refractivity contribution in [2.24, 2.45) is 0 Å². The first-order valence-corrected chi connectivity index (χ1v) is 6.88. The number of halogens is 1. The lowest BCUT2D eigenvalue weighted by molar-refractivity contribution is 0.0932. The van der Waals surface area contributed by atoms with Crippen molar-refractivity contribution in [1.82, 2.24) is 15.6 Å². The summed E-state index contributed by atoms with van der Waals surface area (Å²) in [6, 6.07) is 8.85. The summed E-state index contributed by atoms with van der Waals surface area (Å²) in [7, 11) is 0. The first kappa shape index (κ1) is 15.5. The fraction of sp³-hybridized carbons (Fsp3) is 0.333. The molecule has 1 amide bonds. The van der Waals surface area contributed by atoms with E-state index in [9.17, 15) is 9.59 Å². The van der Waals surface area contributed by atoms with Gasteiger partial charge in [-0.1, -0.05) is 18.2 Å². The molecule has 0 spiro atoms. The highest BCUT2D eigenvalue weighted by Gasteiger charge is 2.18. The number of amides is 1. The number of carbonyl (C=O) groups is 1. The third-order valence-corrected chi connectivity index (χ3v) is 3.63. The number of aromatic nitrogens is 1. The van der Waals surface area contributed by atoms with Crippen LogP contribution in [-0.4, -0.2) is 30.0 Å². The third kappa shape index (κ3) is 3.43. The summed E-state index contributed by atoms with van der Waals surface area (Å²) in [6.07, 6.45) is 2.03. The summed E-state index contributed by atoms with van der Waals surface area (Å²) < 4.78 is 0. The van der Waals surface area contributed by atoms with E-state index in [1.807, 2.05) is 18.2 Å². The number of hydrogen-bond donors (Lipinski definition) is 3. The van der Waals surface area contributed by atoms with Gasteiger partial charge in [-0.2, -0.15) is 0 Å². The van der Waals surface area contributed by atoms with Crippen LogP contribution in [-0.2, 0) is 0 Å². The summed E-state index contributed by atoms with van der Waals surface area (Å²) in [6.45, 7) is 1.78. The van der Waals surface area contributed by atoms with Crippen LogP contribution in [0.4, 0.5) is 0 Å². The van der Waals surface area contributed by atoms with Crippen LogP contribution in [0.5, 0.6) is 0 Å².